The SMILES string of the molecule is [Co+2].[Mn+2].[O]=[Mn](=[O])([O-])[O-].[O]=[Mn](=[O])([O-])[O-]. The Morgan fingerprint density at radius 1 is 0.667 bits per heavy atom. The second kappa shape index (κ2) is 8.69. The average Bonchev–Trinajstić information content (AvgIpc) is 1.12. The first kappa shape index (κ1) is 23.2. The average molecular weight is 352 g/mol. The van der Waals surface area contributed by atoms with Crippen molar-refractivity contribution in [3.8, 4) is 0 Å². The van der Waals surface area contributed by atoms with Crippen LogP contribution in [0.4, 0.5) is 0 Å². The molecule has 0 aromatic heterocycles. The summed E-state index contributed by atoms with van der Waals surface area (Å²) in [5.74, 6) is 0. The fraction of sp³-hybridized carbons (Fsp3) is 0. The van der Waals surface area contributed by atoms with Crippen LogP contribution in [0.25, 0.3) is 0 Å². The van der Waals surface area contributed by atoms with E-state index in [1.165, 1.54) is 0 Å². The standard InChI is InChI=1S/Co.3Mn.8O/q+2;;;+2;;;;;4*-1. The van der Waals surface area contributed by atoms with Crippen LogP contribution >= 0.6 is 0 Å². The normalized spacial score (nSPS) is 9.67. The molecule has 0 aliphatic rings. The second-order valence-electron chi connectivity index (χ2n) is 0.756. The molecule has 0 saturated heterocycles. The van der Waals surface area contributed by atoms with Gasteiger partial charge in [0.15, 0.2) is 0 Å². The third-order valence-electron chi connectivity index (χ3n) is 0. The molecule has 78 valence electrons. The van der Waals surface area contributed by atoms with Gasteiger partial charge < -0.3 is 0 Å². The third-order valence-corrected chi connectivity index (χ3v) is 0. The van der Waals surface area contributed by atoms with Gasteiger partial charge >= 0.3 is 92.7 Å². The molecule has 0 aromatic rings. The number of hydrogen-bond acceptors (Lipinski definition) is 8. The maximum absolute atomic E-state index is 8.58. The molecular weight excluding hydrogens is 352 g/mol. The zero-order valence-electron chi connectivity index (χ0n) is 4.73. The summed E-state index contributed by atoms with van der Waals surface area (Å²) in [5.41, 5.74) is 0. The predicted molar refractivity (Wildman–Crippen MR) is 2.75 cm³/mol. The van der Waals surface area contributed by atoms with Crippen molar-refractivity contribution in [1.82, 2.24) is 0 Å². The molecule has 0 bridgehead atoms. The van der Waals surface area contributed by atoms with Crippen LogP contribution in [-0.4, -0.2) is 0 Å². The summed E-state index contributed by atoms with van der Waals surface area (Å²) < 4.78 is 68.6. The zero-order valence-corrected chi connectivity index (χ0v) is 9.32. The number of hydrogen-bond donors (Lipinski definition) is 0. The van der Waals surface area contributed by atoms with Crippen LogP contribution in [0.1, 0.15) is 0 Å². The summed E-state index contributed by atoms with van der Waals surface area (Å²) in [4.78, 5) is 0. The molecule has 0 atom stereocenters. The minimum atomic E-state index is -5.62. The molecule has 0 N–H and O–H groups in total. The Bertz CT molecular complexity index is 211. The van der Waals surface area contributed by atoms with Gasteiger partial charge in [-0.15, -0.1) is 0 Å². The van der Waals surface area contributed by atoms with Crippen molar-refractivity contribution >= 4 is 0 Å². The summed E-state index contributed by atoms with van der Waals surface area (Å²) in [6, 6.07) is 0. The quantitative estimate of drug-likeness (QED) is 0.391. The molecule has 8 nitrogen and oxygen atoms in total. The Morgan fingerprint density at radius 2 is 0.667 bits per heavy atom. The van der Waals surface area contributed by atoms with E-state index in [9.17, 15) is 0 Å². The minimum absolute atomic E-state index is 0. The Morgan fingerprint density at radius 3 is 0.667 bits per heavy atom. The monoisotopic (exact) mass is 352 g/mol. The van der Waals surface area contributed by atoms with Crippen LogP contribution in [0, 0.1) is 0 Å². The van der Waals surface area contributed by atoms with Crippen LogP contribution in [0.15, 0.2) is 0 Å². The van der Waals surface area contributed by atoms with Gasteiger partial charge in [0.25, 0.3) is 0 Å². The topological polar surface area (TPSA) is 161 Å². The summed E-state index contributed by atoms with van der Waals surface area (Å²) in [6.07, 6.45) is 0. The van der Waals surface area contributed by atoms with Gasteiger partial charge in [-0.1, -0.05) is 0 Å². The molecular formula is CoMn3O8. The molecule has 0 aliphatic heterocycles. The summed E-state index contributed by atoms with van der Waals surface area (Å²) >= 11 is -11.2. The third kappa shape index (κ3) is 929. The van der Waals surface area contributed by atoms with Gasteiger partial charge in [0.05, 0.1) is 0 Å². The molecule has 0 fully saturated rings. The Balaban J connectivity index is -0.0000000457. The van der Waals surface area contributed by atoms with E-state index in [1.54, 1.807) is 0 Å². The van der Waals surface area contributed by atoms with Gasteiger partial charge in [-0.05, 0) is 0 Å². The van der Waals surface area contributed by atoms with Gasteiger partial charge in [0, 0.05) is 0 Å². The zero-order chi connectivity index (χ0) is 9.00. The van der Waals surface area contributed by atoms with Gasteiger partial charge in [-0.3, -0.25) is 0 Å². The molecule has 0 unspecified atom stereocenters. The first-order valence-electron chi connectivity index (χ1n) is 1.23. The van der Waals surface area contributed by atoms with E-state index in [4.69, 9.17) is 32.1 Å². The van der Waals surface area contributed by atoms with Crippen molar-refractivity contribution in [1.29, 1.82) is 0 Å². The molecule has 0 rings (SSSR count). The molecule has 0 spiro atoms. The molecule has 0 aromatic carbocycles. The molecule has 0 heterocycles. The Labute approximate surface area is 92.2 Å². The second-order valence-corrected chi connectivity index (χ2v) is 3.12. The van der Waals surface area contributed by atoms with Crippen molar-refractivity contribution in [2.75, 3.05) is 0 Å². The Hall–Kier alpha value is 1.10. The molecule has 2 radical (unpaired) electrons. The molecule has 12 heavy (non-hydrogen) atoms. The van der Waals surface area contributed by atoms with Gasteiger partial charge in [-0.2, -0.15) is 0 Å². The van der Waals surface area contributed by atoms with Crippen LogP contribution in [0.3, 0.4) is 0 Å². The van der Waals surface area contributed by atoms with E-state index < -0.39 is 26.7 Å². The summed E-state index contributed by atoms with van der Waals surface area (Å²) in [5, 5.41) is 0. The van der Waals surface area contributed by atoms with Crippen molar-refractivity contribution < 1.29 is 92.7 Å². The Kier molecular flexibility index (Phi) is 16.8. The first-order valence-corrected chi connectivity index (χ1v) is 5.09. The van der Waals surface area contributed by atoms with E-state index in [1.807, 2.05) is 0 Å². The molecule has 0 aliphatic carbocycles. The van der Waals surface area contributed by atoms with Crippen molar-refractivity contribution in [2.45, 2.75) is 0 Å². The van der Waals surface area contributed by atoms with E-state index >= 15 is 0 Å². The first-order chi connectivity index (χ1) is 4.00. The fourth-order valence-electron chi connectivity index (χ4n) is 0. The van der Waals surface area contributed by atoms with Crippen LogP contribution in [0.2, 0.25) is 0 Å². The molecule has 0 saturated carbocycles. The molecule has 0 amide bonds. The van der Waals surface area contributed by atoms with Crippen molar-refractivity contribution in [2.24, 2.45) is 0 Å². The predicted octanol–water partition coefficient (Wildman–Crippen LogP) is -5.24. The van der Waals surface area contributed by atoms with Gasteiger partial charge in [0.2, 0.25) is 0 Å². The maximum atomic E-state index is 8.58. The summed E-state index contributed by atoms with van der Waals surface area (Å²) in [7, 11) is 0. The van der Waals surface area contributed by atoms with Crippen molar-refractivity contribution in [3.05, 3.63) is 0 Å². The van der Waals surface area contributed by atoms with E-state index in [0.717, 1.165) is 0 Å². The van der Waals surface area contributed by atoms with Crippen LogP contribution in [0.5, 0.6) is 0 Å². The van der Waals surface area contributed by atoms with Gasteiger partial charge in [-0.25, -0.2) is 0 Å². The fourth-order valence-corrected chi connectivity index (χ4v) is 0. The number of rotatable bonds is 0. The van der Waals surface area contributed by atoms with E-state index in [2.05, 4.69) is 0 Å². The van der Waals surface area contributed by atoms with Crippen molar-refractivity contribution in [3.63, 3.8) is 0 Å². The van der Waals surface area contributed by atoms with E-state index in [0.29, 0.717) is 0 Å². The van der Waals surface area contributed by atoms with E-state index in [-0.39, 0.29) is 33.8 Å². The molecule has 12 heteroatoms. The van der Waals surface area contributed by atoms with Crippen LogP contribution < -0.4 is 16.8 Å². The van der Waals surface area contributed by atoms with Crippen LogP contribution in [-0.2, 0) is 75.9 Å². The van der Waals surface area contributed by atoms with Gasteiger partial charge in [0.1, 0.15) is 0 Å². The summed E-state index contributed by atoms with van der Waals surface area (Å²) in [6.45, 7) is 0.